The summed E-state index contributed by atoms with van der Waals surface area (Å²) in [5.74, 6) is 0. The molecule has 0 fully saturated rings. The number of hydrogen-bond acceptors (Lipinski definition) is 1. The van der Waals surface area contributed by atoms with Crippen molar-refractivity contribution in [1.29, 1.82) is 0 Å². The summed E-state index contributed by atoms with van der Waals surface area (Å²) < 4.78 is 0. The SMILES string of the molecule is c1ccc(N(c2ccc3c(c2)-c2cc4cccc5ccc6ccc-3c2c6c54)c2ccc3ccc4cccc5ccc2c3c45)cc1. The van der Waals surface area contributed by atoms with E-state index in [4.69, 9.17) is 0 Å². The Hall–Kier alpha value is -5.92. The summed E-state index contributed by atoms with van der Waals surface area (Å²) in [5.41, 5.74) is 8.80. The average molecular weight is 568 g/mol. The minimum absolute atomic E-state index is 1.15. The van der Waals surface area contributed by atoms with Gasteiger partial charge in [-0.25, -0.2) is 0 Å². The van der Waals surface area contributed by atoms with Gasteiger partial charge in [-0.3, -0.25) is 0 Å². The van der Waals surface area contributed by atoms with E-state index >= 15 is 0 Å². The smallest absolute Gasteiger partial charge is 0.0540 e. The highest BCUT2D eigenvalue weighted by Gasteiger charge is 2.26. The maximum atomic E-state index is 2.45. The fourth-order valence-corrected chi connectivity index (χ4v) is 8.34. The number of anilines is 3. The molecular weight excluding hydrogens is 542 g/mol. The molecule has 45 heavy (non-hydrogen) atoms. The highest BCUT2D eigenvalue weighted by Crippen LogP contribution is 2.53. The minimum Gasteiger partial charge on any atom is -0.310 e. The van der Waals surface area contributed by atoms with Gasteiger partial charge in [0.2, 0.25) is 0 Å². The fraction of sp³-hybridized carbons (Fsp3) is 0. The molecule has 0 unspecified atom stereocenters. The first-order chi connectivity index (χ1) is 22.3. The van der Waals surface area contributed by atoms with Gasteiger partial charge in [0, 0.05) is 16.8 Å². The van der Waals surface area contributed by atoms with Crippen LogP contribution in [0.1, 0.15) is 0 Å². The van der Waals surface area contributed by atoms with Gasteiger partial charge in [-0.15, -0.1) is 0 Å². The molecule has 0 aliphatic heterocycles. The van der Waals surface area contributed by atoms with Crippen LogP contribution in [0.4, 0.5) is 17.1 Å². The number of nitrogens with zero attached hydrogens (tertiary/aromatic N) is 1. The lowest BCUT2D eigenvalue weighted by molar-refractivity contribution is 1.30. The molecule has 10 aromatic carbocycles. The van der Waals surface area contributed by atoms with E-state index in [1.54, 1.807) is 0 Å². The van der Waals surface area contributed by atoms with Gasteiger partial charge in [0.1, 0.15) is 0 Å². The summed E-state index contributed by atoms with van der Waals surface area (Å²) in [6.07, 6.45) is 0. The van der Waals surface area contributed by atoms with Crippen LogP contribution in [0.5, 0.6) is 0 Å². The second-order valence-electron chi connectivity index (χ2n) is 12.5. The first-order valence-electron chi connectivity index (χ1n) is 15.7. The molecule has 0 saturated heterocycles. The van der Waals surface area contributed by atoms with Crippen LogP contribution in [-0.2, 0) is 0 Å². The molecule has 0 saturated carbocycles. The summed E-state index contributed by atoms with van der Waals surface area (Å²) in [4.78, 5) is 2.45. The molecule has 0 aromatic heterocycles. The minimum atomic E-state index is 1.15. The number of rotatable bonds is 3. The predicted molar refractivity (Wildman–Crippen MR) is 193 cm³/mol. The first kappa shape index (κ1) is 23.5. The largest absolute Gasteiger partial charge is 0.310 e. The van der Waals surface area contributed by atoms with Crippen LogP contribution in [0, 0.1) is 0 Å². The first-order valence-corrected chi connectivity index (χ1v) is 15.7. The van der Waals surface area contributed by atoms with Crippen molar-refractivity contribution in [2.45, 2.75) is 0 Å². The van der Waals surface area contributed by atoms with Crippen LogP contribution in [0.15, 0.2) is 152 Å². The van der Waals surface area contributed by atoms with Crippen LogP contribution in [0.2, 0.25) is 0 Å². The van der Waals surface area contributed by atoms with E-state index < -0.39 is 0 Å². The van der Waals surface area contributed by atoms with E-state index in [0.29, 0.717) is 0 Å². The van der Waals surface area contributed by atoms with E-state index in [1.165, 1.54) is 92.6 Å². The van der Waals surface area contributed by atoms with Crippen LogP contribution >= 0.6 is 0 Å². The van der Waals surface area contributed by atoms with Crippen LogP contribution < -0.4 is 4.90 Å². The standard InChI is InChI=1S/C44H25N/c1-2-10-32(11-3-1)45(39-23-18-29-14-12-26-6-4-7-28-17-21-36(39)42(29)40(26)28)33-19-22-34-35-20-16-30-15-13-27-8-5-9-31-24-38(37(34)25-33)44(35)43(30)41(27)31/h1-25H. The number of para-hydroxylation sites is 1. The highest BCUT2D eigenvalue weighted by atomic mass is 15.1. The molecule has 0 heterocycles. The summed E-state index contributed by atoms with van der Waals surface area (Å²) in [7, 11) is 0. The average Bonchev–Trinajstić information content (AvgIpc) is 3.42. The molecule has 11 rings (SSSR count). The maximum absolute atomic E-state index is 2.45. The van der Waals surface area contributed by atoms with E-state index in [9.17, 15) is 0 Å². The van der Waals surface area contributed by atoms with Crippen LogP contribution in [-0.4, -0.2) is 0 Å². The van der Waals surface area contributed by atoms with Crippen molar-refractivity contribution in [3.8, 4) is 22.3 Å². The Morgan fingerprint density at radius 1 is 0.289 bits per heavy atom. The van der Waals surface area contributed by atoms with Crippen LogP contribution in [0.25, 0.3) is 86.9 Å². The Bertz CT molecular complexity index is 2790. The Morgan fingerprint density at radius 3 is 1.67 bits per heavy atom. The van der Waals surface area contributed by atoms with Gasteiger partial charge in [-0.2, -0.15) is 0 Å². The summed E-state index contributed by atoms with van der Waals surface area (Å²) >= 11 is 0. The molecular formula is C44H25N. The third-order valence-electron chi connectivity index (χ3n) is 10.2. The lowest BCUT2D eigenvalue weighted by Gasteiger charge is -2.28. The molecule has 1 aliphatic carbocycles. The van der Waals surface area contributed by atoms with Crippen molar-refractivity contribution in [3.05, 3.63) is 152 Å². The van der Waals surface area contributed by atoms with Crippen molar-refractivity contribution in [2.75, 3.05) is 4.90 Å². The molecule has 0 spiro atoms. The zero-order chi connectivity index (χ0) is 29.2. The Labute approximate surface area is 259 Å². The third kappa shape index (κ3) is 3.02. The van der Waals surface area contributed by atoms with Gasteiger partial charge >= 0.3 is 0 Å². The van der Waals surface area contributed by atoms with Gasteiger partial charge < -0.3 is 4.90 Å². The maximum Gasteiger partial charge on any atom is 0.0540 e. The lowest BCUT2D eigenvalue weighted by Crippen LogP contribution is -2.10. The topological polar surface area (TPSA) is 3.24 Å². The second kappa shape index (κ2) is 8.37. The molecule has 206 valence electrons. The highest BCUT2D eigenvalue weighted by molar-refractivity contribution is 6.32. The quantitative estimate of drug-likeness (QED) is 0.192. The molecule has 0 bridgehead atoms. The van der Waals surface area contributed by atoms with Gasteiger partial charge in [-0.05, 0) is 118 Å². The fourth-order valence-electron chi connectivity index (χ4n) is 8.34. The van der Waals surface area contributed by atoms with Gasteiger partial charge in [0.15, 0.2) is 0 Å². The molecule has 0 radical (unpaired) electrons. The summed E-state index contributed by atoms with van der Waals surface area (Å²) in [5, 5.41) is 15.9. The van der Waals surface area contributed by atoms with Crippen LogP contribution in [0.3, 0.4) is 0 Å². The van der Waals surface area contributed by atoms with Gasteiger partial charge in [-0.1, -0.05) is 115 Å². The van der Waals surface area contributed by atoms with Gasteiger partial charge in [0.05, 0.1) is 5.69 Å². The van der Waals surface area contributed by atoms with Crippen molar-refractivity contribution in [2.24, 2.45) is 0 Å². The van der Waals surface area contributed by atoms with E-state index in [1.807, 2.05) is 0 Å². The van der Waals surface area contributed by atoms with Crippen molar-refractivity contribution < 1.29 is 0 Å². The van der Waals surface area contributed by atoms with Crippen molar-refractivity contribution >= 4 is 81.7 Å². The van der Waals surface area contributed by atoms with E-state index in [0.717, 1.165) is 11.4 Å². The molecule has 0 atom stereocenters. The zero-order valence-corrected chi connectivity index (χ0v) is 24.4. The molecule has 1 aliphatic rings. The normalized spacial score (nSPS) is 12.4. The summed E-state index contributed by atoms with van der Waals surface area (Å²) in [6, 6.07) is 56.5. The Kier molecular flexibility index (Phi) is 4.38. The van der Waals surface area contributed by atoms with Crippen molar-refractivity contribution in [3.63, 3.8) is 0 Å². The zero-order valence-electron chi connectivity index (χ0n) is 24.4. The molecule has 0 amide bonds. The third-order valence-corrected chi connectivity index (χ3v) is 10.2. The number of benzene rings is 10. The Morgan fingerprint density at radius 2 is 0.889 bits per heavy atom. The molecule has 10 aromatic rings. The monoisotopic (exact) mass is 567 g/mol. The van der Waals surface area contributed by atoms with E-state index in [2.05, 4.69) is 157 Å². The Balaban J connectivity index is 1.20. The van der Waals surface area contributed by atoms with Crippen molar-refractivity contribution in [1.82, 2.24) is 0 Å². The molecule has 1 nitrogen and oxygen atoms in total. The summed E-state index contributed by atoms with van der Waals surface area (Å²) in [6.45, 7) is 0. The number of fused-ring (bicyclic) bond motifs is 3. The number of hydrogen-bond donors (Lipinski definition) is 0. The van der Waals surface area contributed by atoms with Gasteiger partial charge in [0.25, 0.3) is 0 Å². The second-order valence-corrected chi connectivity index (χ2v) is 12.5. The predicted octanol–water partition coefficient (Wildman–Crippen LogP) is 12.6. The lowest BCUT2D eigenvalue weighted by atomic mass is 9.91. The molecule has 1 heteroatoms. The molecule has 0 N–H and O–H groups in total. The van der Waals surface area contributed by atoms with E-state index in [-0.39, 0.29) is 0 Å².